The molecule has 0 aliphatic heterocycles. The van der Waals surface area contributed by atoms with Crippen LogP contribution in [-0.4, -0.2) is 17.3 Å². The lowest BCUT2D eigenvalue weighted by Gasteiger charge is -2.08. The SMILES string of the molecule is CCC(Br)CNC(=O)c1ccc(F)c(F)c1. The Balaban J connectivity index is 2.63. The second kappa shape index (κ2) is 5.94. The highest BCUT2D eigenvalue weighted by Gasteiger charge is 2.10. The fourth-order valence-corrected chi connectivity index (χ4v) is 1.25. The Bertz CT molecular complexity index is 384. The molecule has 0 saturated heterocycles. The first-order valence-electron chi connectivity index (χ1n) is 4.92. The molecule has 1 N–H and O–H groups in total. The van der Waals surface area contributed by atoms with Crippen molar-refractivity contribution in [2.24, 2.45) is 0 Å². The van der Waals surface area contributed by atoms with Crippen LogP contribution in [-0.2, 0) is 0 Å². The zero-order chi connectivity index (χ0) is 12.1. The Morgan fingerprint density at radius 2 is 2.12 bits per heavy atom. The number of halogens is 3. The Labute approximate surface area is 101 Å². The molecule has 5 heteroatoms. The van der Waals surface area contributed by atoms with Gasteiger partial charge in [0.25, 0.3) is 5.91 Å². The van der Waals surface area contributed by atoms with Crippen LogP contribution in [0.15, 0.2) is 18.2 Å². The van der Waals surface area contributed by atoms with E-state index in [-0.39, 0.29) is 10.4 Å². The Hall–Kier alpha value is -0.970. The van der Waals surface area contributed by atoms with Crippen molar-refractivity contribution in [3.63, 3.8) is 0 Å². The number of hydrogen-bond donors (Lipinski definition) is 1. The zero-order valence-corrected chi connectivity index (χ0v) is 10.4. The summed E-state index contributed by atoms with van der Waals surface area (Å²) in [5, 5.41) is 2.62. The number of nitrogens with one attached hydrogen (secondary N) is 1. The summed E-state index contributed by atoms with van der Waals surface area (Å²) in [7, 11) is 0. The van der Waals surface area contributed by atoms with Gasteiger partial charge in [-0.25, -0.2) is 8.78 Å². The van der Waals surface area contributed by atoms with Gasteiger partial charge in [0.15, 0.2) is 11.6 Å². The van der Waals surface area contributed by atoms with Crippen molar-refractivity contribution in [3.8, 4) is 0 Å². The van der Waals surface area contributed by atoms with Gasteiger partial charge in [-0.15, -0.1) is 0 Å². The van der Waals surface area contributed by atoms with Crippen molar-refractivity contribution in [1.82, 2.24) is 5.32 Å². The molecule has 0 fully saturated rings. The van der Waals surface area contributed by atoms with Crippen LogP contribution in [0, 0.1) is 11.6 Å². The zero-order valence-electron chi connectivity index (χ0n) is 8.77. The molecule has 88 valence electrons. The average molecular weight is 292 g/mol. The molecule has 1 atom stereocenters. The number of hydrogen-bond acceptors (Lipinski definition) is 1. The lowest BCUT2D eigenvalue weighted by molar-refractivity contribution is 0.0953. The highest BCUT2D eigenvalue weighted by molar-refractivity contribution is 9.09. The van der Waals surface area contributed by atoms with Gasteiger partial charge in [0.2, 0.25) is 0 Å². The molecule has 1 rings (SSSR count). The lowest BCUT2D eigenvalue weighted by atomic mass is 10.2. The first-order chi connectivity index (χ1) is 7.54. The maximum absolute atomic E-state index is 12.8. The van der Waals surface area contributed by atoms with Crippen molar-refractivity contribution in [2.75, 3.05) is 6.54 Å². The van der Waals surface area contributed by atoms with E-state index in [1.807, 2.05) is 6.92 Å². The van der Waals surface area contributed by atoms with Gasteiger partial charge in [-0.3, -0.25) is 4.79 Å². The molecule has 2 nitrogen and oxygen atoms in total. The fourth-order valence-electron chi connectivity index (χ4n) is 1.09. The molecule has 0 aliphatic rings. The third kappa shape index (κ3) is 3.56. The molecule has 0 aromatic heterocycles. The Kier molecular flexibility index (Phi) is 4.86. The third-order valence-electron chi connectivity index (χ3n) is 2.11. The Morgan fingerprint density at radius 1 is 1.44 bits per heavy atom. The van der Waals surface area contributed by atoms with Crippen molar-refractivity contribution >= 4 is 21.8 Å². The summed E-state index contributed by atoms with van der Waals surface area (Å²) >= 11 is 3.36. The maximum Gasteiger partial charge on any atom is 0.251 e. The molecule has 0 heterocycles. The molecular weight excluding hydrogens is 280 g/mol. The maximum atomic E-state index is 12.8. The standard InChI is InChI=1S/C11H12BrF2NO/c1-2-8(12)6-15-11(16)7-3-4-9(13)10(14)5-7/h3-5,8H,2,6H2,1H3,(H,15,16). The van der Waals surface area contributed by atoms with Crippen LogP contribution in [0.25, 0.3) is 0 Å². The van der Waals surface area contributed by atoms with E-state index in [0.717, 1.165) is 18.6 Å². The van der Waals surface area contributed by atoms with Gasteiger partial charge in [0.1, 0.15) is 0 Å². The monoisotopic (exact) mass is 291 g/mol. The number of carbonyl (C=O) groups excluding carboxylic acids is 1. The highest BCUT2D eigenvalue weighted by atomic mass is 79.9. The average Bonchev–Trinajstić information content (AvgIpc) is 2.29. The number of alkyl halides is 1. The van der Waals surface area contributed by atoms with Gasteiger partial charge in [-0.05, 0) is 24.6 Å². The minimum Gasteiger partial charge on any atom is -0.351 e. The Morgan fingerprint density at radius 3 is 2.69 bits per heavy atom. The van der Waals surface area contributed by atoms with Gasteiger partial charge in [0.05, 0.1) is 0 Å². The summed E-state index contributed by atoms with van der Waals surface area (Å²) in [6.45, 7) is 2.43. The van der Waals surface area contributed by atoms with Gasteiger partial charge < -0.3 is 5.32 Å². The van der Waals surface area contributed by atoms with E-state index in [0.29, 0.717) is 6.54 Å². The van der Waals surface area contributed by atoms with Crippen LogP contribution < -0.4 is 5.32 Å². The quantitative estimate of drug-likeness (QED) is 0.849. The smallest absolute Gasteiger partial charge is 0.251 e. The molecule has 1 aromatic rings. The van der Waals surface area contributed by atoms with Crippen LogP contribution in [0.3, 0.4) is 0 Å². The third-order valence-corrected chi connectivity index (χ3v) is 3.08. The van der Waals surface area contributed by atoms with Crippen LogP contribution in [0.5, 0.6) is 0 Å². The molecule has 0 bridgehead atoms. The summed E-state index contributed by atoms with van der Waals surface area (Å²) in [6.07, 6.45) is 0.873. The normalized spacial score (nSPS) is 12.2. The second-order valence-corrected chi connectivity index (χ2v) is 4.64. The molecule has 1 aromatic carbocycles. The largest absolute Gasteiger partial charge is 0.351 e. The van der Waals surface area contributed by atoms with E-state index in [4.69, 9.17) is 0 Å². The number of amides is 1. The van der Waals surface area contributed by atoms with E-state index in [2.05, 4.69) is 21.2 Å². The predicted molar refractivity (Wildman–Crippen MR) is 61.7 cm³/mol. The predicted octanol–water partition coefficient (Wildman–Crippen LogP) is 2.87. The fraction of sp³-hybridized carbons (Fsp3) is 0.364. The van der Waals surface area contributed by atoms with Gasteiger partial charge in [0, 0.05) is 16.9 Å². The van der Waals surface area contributed by atoms with Crippen LogP contribution >= 0.6 is 15.9 Å². The van der Waals surface area contributed by atoms with Crippen LogP contribution in [0.2, 0.25) is 0 Å². The van der Waals surface area contributed by atoms with E-state index in [1.165, 1.54) is 6.07 Å². The van der Waals surface area contributed by atoms with Crippen LogP contribution in [0.1, 0.15) is 23.7 Å². The number of rotatable bonds is 4. The first kappa shape index (κ1) is 13.1. The van der Waals surface area contributed by atoms with Gasteiger partial charge in [-0.2, -0.15) is 0 Å². The topological polar surface area (TPSA) is 29.1 Å². The van der Waals surface area contributed by atoms with Crippen LogP contribution in [0.4, 0.5) is 8.78 Å². The number of carbonyl (C=O) groups is 1. The van der Waals surface area contributed by atoms with Gasteiger partial charge >= 0.3 is 0 Å². The molecule has 0 radical (unpaired) electrons. The van der Waals surface area contributed by atoms with Crippen molar-refractivity contribution in [2.45, 2.75) is 18.2 Å². The van der Waals surface area contributed by atoms with E-state index in [9.17, 15) is 13.6 Å². The molecule has 1 unspecified atom stereocenters. The second-order valence-electron chi connectivity index (χ2n) is 3.34. The minimum atomic E-state index is -1.02. The minimum absolute atomic E-state index is 0.120. The summed E-state index contributed by atoms with van der Waals surface area (Å²) in [5.74, 6) is -2.38. The highest BCUT2D eigenvalue weighted by Crippen LogP contribution is 2.09. The van der Waals surface area contributed by atoms with E-state index >= 15 is 0 Å². The molecule has 0 saturated carbocycles. The molecule has 16 heavy (non-hydrogen) atoms. The summed E-state index contributed by atoms with van der Waals surface area (Å²) < 4.78 is 25.5. The first-order valence-corrected chi connectivity index (χ1v) is 5.83. The summed E-state index contributed by atoms with van der Waals surface area (Å²) in [4.78, 5) is 11.7. The summed E-state index contributed by atoms with van der Waals surface area (Å²) in [5.41, 5.74) is 0.120. The molecule has 1 amide bonds. The number of benzene rings is 1. The molecule has 0 spiro atoms. The van der Waals surface area contributed by atoms with Gasteiger partial charge in [-0.1, -0.05) is 22.9 Å². The van der Waals surface area contributed by atoms with Crippen molar-refractivity contribution < 1.29 is 13.6 Å². The molecule has 0 aliphatic carbocycles. The van der Waals surface area contributed by atoms with Crippen molar-refractivity contribution in [1.29, 1.82) is 0 Å². The van der Waals surface area contributed by atoms with E-state index < -0.39 is 17.5 Å². The molecular formula is C11H12BrF2NO. The lowest BCUT2D eigenvalue weighted by Crippen LogP contribution is -2.29. The van der Waals surface area contributed by atoms with E-state index in [1.54, 1.807) is 0 Å². The van der Waals surface area contributed by atoms with Crippen molar-refractivity contribution in [3.05, 3.63) is 35.4 Å². The summed E-state index contributed by atoms with van der Waals surface area (Å²) in [6, 6.07) is 3.08.